The summed E-state index contributed by atoms with van der Waals surface area (Å²) in [6, 6.07) is 8.89. The molecule has 0 fully saturated rings. The van der Waals surface area contributed by atoms with E-state index in [9.17, 15) is 13.2 Å². The monoisotopic (exact) mass is 366 g/mol. The number of alkyl halides is 3. The topological polar surface area (TPSA) is 74.7 Å². The molecule has 0 saturated carbocycles. The molecule has 3 aromatic rings. The van der Waals surface area contributed by atoms with Gasteiger partial charge in [0.1, 0.15) is 12.4 Å². The maximum absolute atomic E-state index is 12.4. The summed E-state index contributed by atoms with van der Waals surface area (Å²) in [6.45, 7) is 2.27. The summed E-state index contributed by atoms with van der Waals surface area (Å²) >= 11 is 0. The Hall–Kier alpha value is -2.81. The molecule has 2 aromatic heterocycles. The van der Waals surface area contributed by atoms with Crippen molar-refractivity contribution in [3.05, 3.63) is 42.6 Å². The molecule has 0 radical (unpaired) electrons. The van der Waals surface area contributed by atoms with Gasteiger partial charge < -0.3 is 15.2 Å². The number of hydrogen-bond acceptors (Lipinski definition) is 5. The Labute approximate surface area is 147 Å². The Bertz CT molecular complexity index is 895. The first-order chi connectivity index (χ1) is 12.4. The fourth-order valence-corrected chi connectivity index (χ4v) is 2.29. The van der Waals surface area contributed by atoms with Crippen molar-refractivity contribution in [3.8, 4) is 22.9 Å². The molecule has 2 N–H and O–H groups in total. The van der Waals surface area contributed by atoms with Crippen LogP contribution in [0.3, 0.4) is 0 Å². The normalized spacial score (nSPS) is 13.0. The van der Waals surface area contributed by atoms with E-state index in [1.54, 1.807) is 18.2 Å². The third-order valence-corrected chi connectivity index (χ3v) is 3.67. The number of rotatable bonds is 6. The maximum atomic E-state index is 12.4. The van der Waals surface area contributed by atoms with E-state index in [0.29, 0.717) is 29.4 Å². The second kappa shape index (κ2) is 7.20. The van der Waals surface area contributed by atoms with Gasteiger partial charge in [-0.1, -0.05) is 19.1 Å². The lowest BCUT2D eigenvalue weighted by Crippen LogP contribution is -2.27. The number of imidazole rings is 1. The number of aromatic nitrogens is 3. The summed E-state index contributed by atoms with van der Waals surface area (Å²) < 4.78 is 48.3. The average Bonchev–Trinajstić information content (AvgIpc) is 3.01. The Balaban J connectivity index is 1.91. The molecule has 138 valence electrons. The summed E-state index contributed by atoms with van der Waals surface area (Å²) in [5.74, 6) is 0.0367. The van der Waals surface area contributed by atoms with Crippen molar-refractivity contribution in [3.63, 3.8) is 0 Å². The second-order valence-electron chi connectivity index (χ2n) is 5.64. The second-order valence-corrected chi connectivity index (χ2v) is 5.64. The molecule has 0 aliphatic carbocycles. The van der Waals surface area contributed by atoms with Gasteiger partial charge in [-0.2, -0.15) is 0 Å². The van der Waals surface area contributed by atoms with Gasteiger partial charge in [0.15, 0.2) is 5.65 Å². The molecule has 2 heterocycles. The lowest BCUT2D eigenvalue weighted by molar-refractivity contribution is -0.274. The summed E-state index contributed by atoms with van der Waals surface area (Å²) in [7, 11) is 0. The Morgan fingerprint density at radius 2 is 2.04 bits per heavy atom. The maximum Gasteiger partial charge on any atom is 0.573 e. The fourth-order valence-electron chi connectivity index (χ4n) is 2.29. The zero-order valence-electron chi connectivity index (χ0n) is 13.9. The van der Waals surface area contributed by atoms with E-state index in [1.165, 1.54) is 28.9 Å². The highest BCUT2D eigenvalue weighted by Gasteiger charge is 2.31. The molecule has 26 heavy (non-hydrogen) atoms. The SMILES string of the molecule is CCC(N)COc1ccc2ncc(-c3cccc(OC(F)(F)F)c3)n2n1. The molecule has 0 spiro atoms. The summed E-state index contributed by atoms with van der Waals surface area (Å²) in [6.07, 6.45) is -2.46. The first kappa shape index (κ1) is 18.0. The van der Waals surface area contributed by atoms with Crippen LogP contribution in [0.2, 0.25) is 0 Å². The number of ether oxygens (including phenoxy) is 2. The van der Waals surface area contributed by atoms with Crippen molar-refractivity contribution >= 4 is 5.65 Å². The lowest BCUT2D eigenvalue weighted by Gasteiger charge is -2.11. The summed E-state index contributed by atoms with van der Waals surface area (Å²) in [5, 5.41) is 4.34. The molecule has 0 aliphatic heterocycles. The van der Waals surface area contributed by atoms with Gasteiger partial charge >= 0.3 is 6.36 Å². The molecule has 0 amide bonds. The molecule has 1 unspecified atom stereocenters. The number of halogens is 3. The zero-order chi connectivity index (χ0) is 18.7. The van der Waals surface area contributed by atoms with Gasteiger partial charge in [0.2, 0.25) is 5.88 Å². The zero-order valence-corrected chi connectivity index (χ0v) is 13.9. The largest absolute Gasteiger partial charge is 0.573 e. The van der Waals surface area contributed by atoms with Crippen LogP contribution in [0.1, 0.15) is 13.3 Å². The van der Waals surface area contributed by atoms with Crippen LogP contribution in [0, 0.1) is 0 Å². The highest BCUT2D eigenvalue weighted by molar-refractivity contribution is 5.64. The third-order valence-electron chi connectivity index (χ3n) is 3.67. The molecular formula is C17H17F3N4O2. The van der Waals surface area contributed by atoms with Crippen molar-refractivity contribution in [2.75, 3.05) is 6.61 Å². The van der Waals surface area contributed by atoms with E-state index in [1.807, 2.05) is 6.92 Å². The van der Waals surface area contributed by atoms with Crippen LogP contribution in [-0.2, 0) is 0 Å². The molecule has 6 nitrogen and oxygen atoms in total. The number of benzene rings is 1. The number of hydrogen-bond donors (Lipinski definition) is 1. The third kappa shape index (κ3) is 4.23. The molecule has 9 heteroatoms. The number of nitrogens with two attached hydrogens (primary N) is 1. The Morgan fingerprint density at radius 3 is 2.77 bits per heavy atom. The van der Waals surface area contributed by atoms with E-state index in [2.05, 4.69) is 14.8 Å². The van der Waals surface area contributed by atoms with Crippen LogP contribution < -0.4 is 15.2 Å². The highest BCUT2D eigenvalue weighted by Crippen LogP contribution is 2.28. The fraction of sp³-hybridized carbons (Fsp3) is 0.294. The minimum absolute atomic E-state index is 0.106. The predicted molar refractivity (Wildman–Crippen MR) is 88.9 cm³/mol. The quantitative estimate of drug-likeness (QED) is 0.724. The van der Waals surface area contributed by atoms with Crippen molar-refractivity contribution < 1.29 is 22.6 Å². The van der Waals surface area contributed by atoms with Crippen LogP contribution >= 0.6 is 0 Å². The average molecular weight is 366 g/mol. The molecular weight excluding hydrogens is 349 g/mol. The summed E-state index contributed by atoms with van der Waals surface area (Å²) in [5.41, 5.74) is 7.35. The smallest absolute Gasteiger partial charge is 0.475 e. The van der Waals surface area contributed by atoms with Crippen molar-refractivity contribution in [2.24, 2.45) is 5.73 Å². The summed E-state index contributed by atoms with van der Waals surface area (Å²) in [4.78, 5) is 4.21. The number of nitrogens with zero attached hydrogens (tertiary/aromatic N) is 3. The van der Waals surface area contributed by atoms with Gasteiger partial charge in [0, 0.05) is 17.7 Å². The molecule has 1 atom stereocenters. The van der Waals surface area contributed by atoms with Gasteiger partial charge in [-0.3, -0.25) is 0 Å². The molecule has 0 aliphatic rings. The van der Waals surface area contributed by atoms with Gasteiger partial charge in [0.25, 0.3) is 0 Å². The van der Waals surface area contributed by atoms with Crippen molar-refractivity contribution in [1.29, 1.82) is 0 Å². The molecule has 0 saturated heterocycles. The molecule has 0 bridgehead atoms. The standard InChI is InChI=1S/C17H17F3N4O2/c1-2-12(21)10-25-16-7-6-15-22-9-14(24(15)23-16)11-4-3-5-13(8-11)26-17(18,19)20/h3-9,12H,2,10,21H2,1H3. The highest BCUT2D eigenvalue weighted by atomic mass is 19.4. The first-order valence-electron chi connectivity index (χ1n) is 7.95. The Kier molecular flexibility index (Phi) is 4.99. The van der Waals surface area contributed by atoms with Gasteiger partial charge in [0.05, 0.1) is 11.9 Å². The van der Waals surface area contributed by atoms with Crippen LogP contribution in [0.15, 0.2) is 42.6 Å². The van der Waals surface area contributed by atoms with Gasteiger partial charge in [-0.25, -0.2) is 9.50 Å². The van der Waals surface area contributed by atoms with Gasteiger partial charge in [-0.05, 0) is 24.6 Å². The molecule has 3 rings (SSSR count). The van der Waals surface area contributed by atoms with E-state index >= 15 is 0 Å². The van der Waals surface area contributed by atoms with E-state index in [-0.39, 0.29) is 11.8 Å². The predicted octanol–water partition coefficient (Wildman–Crippen LogP) is 3.41. The van der Waals surface area contributed by atoms with Gasteiger partial charge in [-0.15, -0.1) is 18.3 Å². The Morgan fingerprint density at radius 1 is 1.23 bits per heavy atom. The lowest BCUT2D eigenvalue weighted by atomic mass is 10.1. The van der Waals surface area contributed by atoms with E-state index in [4.69, 9.17) is 10.5 Å². The van der Waals surface area contributed by atoms with Crippen molar-refractivity contribution in [2.45, 2.75) is 25.7 Å². The van der Waals surface area contributed by atoms with E-state index < -0.39 is 6.36 Å². The van der Waals surface area contributed by atoms with Crippen LogP contribution in [0.4, 0.5) is 13.2 Å². The first-order valence-corrected chi connectivity index (χ1v) is 7.95. The van der Waals surface area contributed by atoms with Crippen LogP contribution in [0.5, 0.6) is 11.6 Å². The number of fused-ring (bicyclic) bond motifs is 1. The molecule has 1 aromatic carbocycles. The van der Waals surface area contributed by atoms with Crippen molar-refractivity contribution in [1.82, 2.24) is 14.6 Å². The van der Waals surface area contributed by atoms with E-state index in [0.717, 1.165) is 6.42 Å². The van der Waals surface area contributed by atoms with Crippen LogP contribution in [-0.4, -0.2) is 33.6 Å². The van der Waals surface area contributed by atoms with Crippen LogP contribution in [0.25, 0.3) is 16.9 Å². The minimum atomic E-state index is -4.75. The minimum Gasteiger partial charge on any atom is -0.475 e.